The molecule has 0 heterocycles. The van der Waals surface area contributed by atoms with Crippen LogP contribution in [0.3, 0.4) is 0 Å². The number of rotatable bonds is 7. The summed E-state index contributed by atoms with van der Waals surface area (Å²) in [4.78, 5) is 33.7. The summed E-state index contributed by atoms with van der Waals surface area (Å²) in [6, 6.07) is 6.77. The highest BCUT2D eigenvalue weighted by molar-refractivity contribution is 6.07. The second kappa shape index (κ2) is 8.25. The van der Waals surface area contributed by atoms with Gasteiger partial charge in [-0.25, -0.2) is 0 Å². The lowest BCUT2D eigenvalue weighted by atomic mass is 9.98. The van der Waals surface area contributed by atoms with E-state index >= 15 is 0 Å². The molecular weight excluding hydrogens is 256 g/mol. The fraction of sp³-hybridized carbons (Fsp3) is 0.438. The van der Waals surface area contributed by atoms with Gasteiger partial charge in [0.25, 0.3) is 0 Å². The summed E-state index contributed by atoms with van der Waals surface area (Å²) < 4.78 is 0. The Morgan fingerprint density at radius 1 is 1.15 bits per heavy atom. The molecule has 1 rings (SSSR count). The highest BCUT2D eigenvalue weighted by Crippen LogP contribution is 2.12. The van der Waals surface area contributed by atoms with E-state index in [4.69, 9.17) is 5.11 Å². The first-order valence-corrected chi connectivity index (χ1v) is 6.30. The Labute approximate surface area is 119 Å². The molecule has 110 valence electrons. The third-order valence-electron chi connectivity index (χ3n) is 2.99. The molecule has 0 aliphatic carbocycles. The molecule has 20 heavy (non-hydrogen) atoms. The van der Waals surface area contributed by atoms with Gasteiger partial charge in [-0.15, -0.1) is 0 Å². The number of carbonyl (C=O) groups excluding carboxylic acids is 2. The van der Waals surface area contributed by atoms with Gasteiger partial charge in [-0.05, 0) is 12.0 Å². The third kappa shape index (κ3) is 5.34. The zero-order valence-electron chi connectivity index (χ0n) is 11.2. The Morgan fingerprint density at radius 2 is 1.70 bits per heavy atom. The van der Waals surface area contributed by atoms with Gasteiger partial charge in [0.05, 0.1) is 12.3 Å². The molecule has 0 amide bonds. The topological polar surface area (TPSA) is 71.4 Å². The van der Waals surface area contributed by atoms with Gasteiger partial charge in [0, 0.05) is 12.0 Å². The lowest BCUT2D eigenvalue weighted by Gasteiger charge is -2.07. The molecule has 0 aliphatic rings. The molecule has 0 aliphatic heterocycles. The van der Waals surface area contributed by atoms with Crippen LogP contribution in [0.1, 0.15) is 50.0 Å². The van der Waals surface area contributed by atoms with Crippen LogP contribution in [0.5, 0.6) is 0 Å². The molecule has 0 radical (unpaired) electrons. The Kier molecular flexibility index (Phi) is 7.44. The highest BCUT2D eigenvalue weighted by Gasteiger charge is 2.13. The van der Waals surface area contributed by atoms with Gasteiger partial charge in [0.15, 0.2) is 5.78 Å². The monoisotopic (exact) mass is 278 g/mol. The smallest absolute Gasteiger partial charge is 0.306 e. The fourth-order valence-corrected chi connectivity index (χ4v) is 1.67. The van der Waals surface area contributed by atoms with Gasteiger partial charge in [0.1, 0.15) is 5.78 Å². The van der Waals surface area contributed by atoms with Crippen molar-refractivity contribution in [3.05, 3.63) is 35.4 Å². The maximum atomic E-state index is 11.7. The average molecular weight is 278 g/mol. The number of ketones is 2. The molecule has 0 bridgehead atoms. The molecule has 1 aromatic carbocycles. The van der Waals surface area contributed by atoms with Gasteiger partial charge in [0.2, 0.25) is 0 Å². The first kappa shape index (κ1) is 18.0. The molecule has 1 atom stereocenters. The van der Waals surface area contributed by atoms with E-state index in [-0.39, 0.29) is 25.4 Å². The van der Waals surface area contributed by atoms with Crippen molar-refractivity contribution < 1.29 is 19.5 Å². The highest BCUT2D eigenvalue weighted by atomic mass is 16.4. The number of Topliss-reactive ketones (excluding diaryl/α,β-unsaturated/α-hetero) is 2. The van der Waals surface area contributed by atoms with E-state index in [1.807, 2.05) is 0 Å². The number of carboxylic acid groups (broad SMARTS) is 1. The van der Waals surface area contributed by atoms with E-state index < -0.39 is 11.9 Å². The van der Waals surface area contributed by atoms with E-state index in [2.05, 4.69) is 0 Å². The van der Waals surface area contributed by atoms with Crippen LogP contribution in [-0.2, 0) is 16.0 Å². The molecule has 4 heteroatoms. The van der Waals surface area contributed by atoms with Crippen LogP contribution in [0, 0.1) is 5.92 Å². The number of carboxylic acids is 1. The zero-order chi connectivity index (χ0) is 14.4. The Hall–Kier alpha value is -1.97. The minimum absolute atomic E-state index is 0. The van der Waals surface area contributed by atoms with E-state index in [1.165, 1.54) is 0 Å². The SMILES string of the molecule is C.CCC(=O)CC(=O)c1ccc(CC(C)C(=O)O)cc1. The summed E-state index contributed by atoms with van der Waals surface area (Å²) in [5.41, 5.74) is 1.36. The van der Waals surface area contributed by atoms with Crippen LogP contribution in [-0.4, -0.2) is 22.6 Å². The average Bonchev–Trinajstić information content (AvgIpc) is 2.39. The predicted octanol–water partition coefficient (Wildman–Crippen LogP) is 3.14. The van der Waals surface area contributed by atoms with Crippen molar-refractivity contribution >= 4 is 17.5 Å². The molecular formula is C16H22O4. The number of benzene rings is 1. The van der Waals surface area contributed by atoms with Gasteiger partial charge in [-0.3, -0.25) is 14.4 Å². The third-order valence-corrected chi connectivity index (χ3v) is 2.99. The quantitative estimate of drug-likeness (QED) is 0.614. The zero-order valence-corrected chi connectivity index (χ0v) is 11.2. The second-order valence-corrected chi connectivity index (χ2v) is 4.63. The minimum atomic E-state index is -0.839. The molecule has 1 N–H and O–H groups in total. The molecule has 0 spiro atoms. The summed E-state index contributed by atoms with van der Waals surface area (Å²) in [6.45, 7) is 3.37. The number of carbonyl (C=O) groups is 3. The minimum Gasteiger partial charge on any atom is -0.481 e. The predicted molar refractivity (Wildman–Crippen MR) is 77.9 cm³/mol. The molecule has 1 unspecified atom stereocenters. The largest absolute Gasteiger partial charge is 0.481 e. The molecule has 4 nitrogen and oxygen atoms in total. The summed E-state index contributed by atoms with van der Waals surface area (Å²) in [5.74, 6) is -1.56. The summed E-state index contributed by atoms with van der Waals surface area (Å²) in [5, 5.41) is 8.82. The molecule has 0 fully saturated rings. The van der Waals surface area contributed by atoms with Crippen LogP contribution >= 0.6 is 0 Å². The maximum Gasteiger partial charge on any atom is 0.306 e. The maximum absolute atomic E-state index is 11.7. The Balaban J connectivity index is 0.00000361. The van der Waals surface area contributed by atoms with Crippen molar-refractivity contribution in [2.45, 2.75) is 40.5 Å². The normalized spacial score (nSPS) is 11.3. The Morgan fingerprint density at radius 3 is 2.15 bits per heavy atom. The fourth-order valence-electron chi connectivity index (χ4n) is 1.67. The Bertz CT molecular complexity index is 474. The molecule has 1 aromatic rings. The summed E-state index contributed by atoms with van der Waals surface area (Å²) in [7, 11) is 0. The lowest BCUT2D eigenvalue weighted by Crippen LogP contribution is -2.12. The molecule has 0 aromatic heterocycles. The van der Waals surface area contributed by atoms with Crippen molar-refractivity contribution in [1.82, 2.24) is 0 Å². The van der Waals surface area contributed by atoms with Crippen molar-refractivity contribution in [3.8, 4) is 0 Å². The summed E-state index contributed by atoms with van der Waals surface area (Å²) >= 11 is 0. The van der Waals surface area contributed by atoms with Crippen molar-refractivity contribution in [3.63, 3.8) is 0 Å². The molecule has 0 saturated carbocycles. The van der Waals surface area contributed by atoms with Crippen molar-refractivity contribution in [1.29, 1.82) is 0 Å². The van der Waals surface area contributed by atoms with Gasteiger partial charge >= 0.3 is 5.97 Å². The van der Waals surface area contributed by atoms with Gasteiger partial charge < -0.3 is 5.11 Å². The van der Waals surface area contributed by atoms with Crippen molar-refractivity contribution in [2.75, 3.05) is 0 Å². The van der Waals surface area contributed by atoms with Crippen LogP contribution in [0.25, 0.3) is 0 Å². The van der Waals surface area contributed by atoms with Crippen LogP contribution < -0.4 is 0 Å². The van der Waals surface area contributed by atoms with E-state index in [9.17, 15) is 14.4 Å². The van der Waals surface area contributed by atoms with E-state index in [0.29, 0.717) is 18.4 Å². The summed E-state index contributed by atoms with van der Waals surface area (Å²) in [6.07, 6.45) is 0.721. The lowest BCUT2D eigenvalue weighted by molar-refractivity contribution is -0.141. The van der Waals surface area contributed by atoms with E-state index in [0.717, 1.165) is 5.56 Å². The second-order valence-electron chi connectivity index (χ2n) is 4.63. The van der Waals surface area contributed by atoms with Crippen LogP contribution in [0.4, 0.5) is 0 Å². The van der Waals surface area contributed by atoms with Crippen LogP contribution in [0.2, 0.25) is 0 Å². The number of hydrogen-bond donors (Lipinski definition) is 1. The number of aliphatic carboxylic acids is 1. The first-order chi connectivity index (χ1) is 8.93. The van der Waals surface area contributed by atoms with Crippen LogP contribution in [0.15, 0.2) is 24.3 Å². The van der Waals surface area contributed by atoms with Gasteiger partial charge in [-0.2, -0.15) is 0 Å². The van der Waals surface area contributed by atoms with E-state index in [1.54, 1.807) is 38.1 Å². The molecule has 0 saturated heterocycles. The van der Waals surface area contributed by atoms with Crippen molar-refractivity contribution in [2.24, 2.45) is 5.92 Å². The first-order valence-electron chi connectivity index (χ1n) is 6.30. The standard InChI is InChI=1S/C15H18O4.CH4/c1-3-13(16)9-14(17)12-6-4-11(5-7-12)8-10(2)15(18)19;/h4-7,10H,3,8-9H2,1-2H3,(H,18,19);1H4. The van der Waals surface area contributed by atoms with Gasteiger partial charge in [-0.1, -0.05) is 45.5 Å². The number of hydrogen-bond acceptors (Lipinski definition) is 3.